The zero-order chi connectivity index (χ0) is 15.8. The van der Waals surface area contributed by atoms with E-state index in [1.165, 1.54) is 6.07 Å². The molecule has 0 spiro atoms. The summed E-state index contributed by atoms with van der Waals surface area (Å²) in [7, 11) is -3.78. The SMILES string of the molecule is Cc1c(NC(=O)C2CCCC2(C)C)cccc1S(N)(=O)=O. The van der Waals surface area contributed by atoms with E-state index in [1.54, 1.807) is 19.1 Å². The summed E-state index contributed by atoms with van der Waals surface area (Å²) >= 11 is 0. The van der Waals surface area contributed by atoms with Crippen LogP contribution in [0.2, 0.25) is 0 Å². The van der Waals surface area contributed by atoms with E-state index in [0.717, 1.165) is 19.3 Å². The van der Waals surface area contributed by atoms with Crippen molar-refractivity contribution in [3.8, 4) is 0 Å². The number of amides is 1. The normalized spacial score (nSPS) is 21.2. The molecule has 0 bridgehead atoms. The van der Waals surface area contributed by atoms with Crippen LogP contribution in [0.15, 0.2) is 23.1 Å². The Morgan fingerprint density at radius 2 is 2.05 bits per heavy atom. The van der Waals surface area contributed by atoms with Crippen LogP contribution in [-0.4, -0.2) is 14.3 Å². The molecule has 1 aliphatic rings. The van der Waals surface area contributed by atoms with Crippen molar-refractivity contribution in [3.05, 3.63) is 23.8 Å². The molecule has 5 nitrogen and oxygen atoms in total. The Bertz CT molecular complexity index is 665. The van der Waals surface area contributed by atoms with Crippen molar-refractivity contribution >= 4 is 21.6 Å². The molecule has 0 saturated heterocycles. The summed E-state index contributed by atoms with van der Waals surface area (Å²) in [6.07, 6.45) is 2.94. The first-order valence-electron chi connectivity index (χ1n) is 7.06. The Balaban J connectivity index is 2.27. The topological polar surface area (TPSA) is 89.3 Å². The minimum absolute atomic E-state index is 0.0183. The number of anilines is 1. The number of hydrogen-bond acceptors (Lipinski definition) is 3. The molecule has 1 amide bonds. The van der Waals surface area contributed by atoms with Crippen LogP contribution in [0, 0.1) is 18.3 Å². The summed E-state index contributed by atoms with van der Waals surface area (Å²) in [6, 6.07) is 4.73. The largest absolute Gasteiger partial charge is 0.326 e. The molecule has 21 heavy (non-hydrogen) atoms. The predicted octanol–water partition coefficient (Wildman–Crippen LogP) is 2.41. The van der Waals surface area contributed by atoms with Crippen LogP contribution >= 0.6 is 0 Å². The maximum Gasteiger partial charge on any atom is 0.238 e. The molecule has 3 N–H and O–H groups in total. The highest BCUT2D eigenvalue weighted by Gasteiger charge is 2.39. The monoisotopic (exact) mass is 310 g/mol. The Kier molecular flexibility index (Phi) is 4.13. The third-order valence-corrected chi connectivity index (χ3v) is 5.48. The van der Waals surface area contributed by atoms with E-state index in [4.69, 9.17) is 5.14 Å². The molecule has 1 fully saturated rings. The highest BCUT2D eigenvalue weighted by molar-refractivity contribution is 7.89. The first-order chi connectivity index (χ1) is 9.63. The lowest BCUT2D eigenvalue weighted by atomic mass is 9.81. The minimum atomic E-state index is -3.78. The number of carbonyl (C=O) groups excluding carboxylic acids is 1. The van der Waals surface area contributed by atoms with Crippen molar-refractivity contribution in [2.75, 3.05) is 5.32 Å². The summed E-state index contributed by atoms with van der Waals surface area (Å²) in [4.78, 5) is 12.5. The first kappa shape index (κ1) is 16.0. The standard InChI is InChI=1S/C15H22N2O3S/c1-10-12(7-4-8-13(10)21(16,19)20)17-14(18)11-6-5-9-15(11,2)3/h4,7-8,11H,5-6,9H2,1-3H3,(H,17,18)(H2,16,19,20). The number of rotatable bonds is 3. The molecular formula is C15H22N2O3S. The number of nitrogens with two attached hydrogens (primary N) is 1. The van der Waals surface area contributed by atoms with Gasteiger partial charge in [0.05, 0.1) is 4.90 Å². The second-order valence-corrected chi connectivity index (χ2v) is 7.93. The minimum Gasteiger partial charge on any atom is -0.326 e. The lowest BCUT2D eigenvalue weighted by molar-refractivity contribution is -0.122. The van der Waals surface area contributed by atoms with Gasteiger partial charge in [-0.05, 0) is 42.9 Å². The van der Waals surface area contributed by atoms with Crippen molar-refractivity contribution in [3.63, 3.8) is 0 Å². The van der Waals surface area contributed by atoms with Crippen LogP contribution in [-0.2, 0) is 14.8 Å². The third kappa shape index (κ3) is 3.27. The third-order valence-electron chi connectivity index (χ3n) is 4.42. The first-order valence-corrected chi connectivity index (χ1v) is 8.61. The van der Waals surface area contributed by atoms with Gasteiger partial charge in [-0.1, -0.05) is 26.3 Å². The maximum atomic E-state index is 12.5. The van der Waals surface area contributed by atoms with E-state index in [9.17, 15) is 13.2 Å². The average molecular weight is 310 g/mol. The zero-order valence-electron chi connectivity index (χ0n) is 12.6. The second-order valence-electron chi connectivity index (χ2n) is 6.40. The van der Waals surface area contributed by atoms with Gasteiger partial charge in [0.2, 0.25) is 15.9 Å². The van der Waals surface area contributed by atoms with Gasteiger partial charge in [-0.25, -0.2) is 13.6 Å². The van der Waals surface area contributed by atoms with E-state index in [-0.39, 0.29) is 22.1 Å². The molecule has 0 aliphatic heterocycles. The van der Waals surface area contributed by atoms with Crippen molar-refractivity contribution in [2.45, 2.75) is 44.9 Å². The van der Waals surface area contributed by atoms with Gasteiger partial charge in [-0.2, -0.15) is 0 Å². The van der Waals surface area contributed by atoms with Crippen molar-refractivity contribution in [2.24, 2.45) is 16.5 Å². The summed E-state index contributed by atoms with van der Waals surface area (Å²) in [5, 5.41) is 8.04. The summed E-state index contributed by atoms with van der Waals surface area (Å²) < 4.78 is 23.0. The highest BCUT2D eigenvalue weighted by atomic mass is 32.2. The fourth-order valence-electron chi connectivity index (χ4n) is 3.09. The van der Waals surface area contributed by atoms with Crippen molar-refractivity contribution in [1.82, 2.24) is 0 Å². The number of benzene rings is 1. The molecule has 6 heteroatoms. The molecule has 1 saturated carbocycles. The van der Waals surface area contributed by atoms with E-state index < -0.39 is 10.0 Å². The molecule has 0 heterocycles. The van der Waals surface area contributed by atoms with Crippen LogP contribution in [0.4, 0.5) is 5.69 Å². The smallest absolute Gasteiger partial charge is 0.238 e. The van der Waals surface area contributed by atoms with Gasteiger partial charge < -0.3 is 5.32 Å². The Labute approximate surface area is 126 Å². The van der Waals surface area contributed by atoms with E-state index in [1.807, 2.05) is 0 Å². The summed E-state index contributed by atoms with van der Waals surface area (Å²) in [5.74, 6) is -0.0952. The van der Waals surface area contributed by atoms with Crippen LogP contribution in [0.1, 0.15) is 38.7 Å². The molecule has 0 radical (unpaired) electrons. The highest BCUT2D eigenvalue weighted by Crippen LogP contribution is 2.43. The predicted molar refractivity (Wildman–Crippen MR) is 82.3 cm³/mol. The van der Waals surface area contributed by atoms with Crippen molar-refractivity contribution in [1.29, 1.82) is 0 Å². The quantitative estimate of drug-likeness (QED) is 0.898. The zero-order valence-corrected chi connectivity index (χ0v) is 13.5. The molecule has 1 aliphatic carbocycles. The van der Waals surface area contributed by atoms with E-state index in [2.05, 4.69) is 19.2 Å². The number of nitrogens with one attached hydrogen (secondary N) is 1. The van der Waals surface area contributed by atoms with Gasteiger partial charge in [0.25, 0.3) is 0 Å². The molecule has 2 rings (SSSR count). The van der Waals surface area contributed by atoms with Crippen LogP contribution < -0.4 is 10.5 Å². The van der Waals surface area contributed by atoms with Gasteiger partial charge in [-0.3, -0.25) is 4.79 Å². The van der Waals surface area contributed by atoms with Gasteiger partial charge >= 0.3 is 0 Å². The number of carbonyl (C=O) groups is 1. The van der Waals surface area contributed by atoms with Crippen LogP contribution in [0.5, 0.6) is 0 Å². The second kappa shape index (κ2) is 5.42. The fraction of sp³-hybridized carbons (Fsp3) is 0.533. The molecule has 0 aromatic heterocycles. The average Bonchev–Trinajstić information content (AvgIpc) is 2.70. The van der Waals surface area contributed by atoms with Gasteiger partial charge in [0, 0.05) is 11.6 Å². The molecule has 1 aromatic rings. The number of primary sulfonamides is 1. The molecule has 1 atom stereocenters. The molecule has 116 valence electrons. The maximum absolute atomic E-state index is 12.5. The lowest BCUT2D eigenvalue weighted by Crippen LogP contribution is -2.31. The Morgan fingerprint density at radius 1 is 1.38 bits per heavy atom. The van der Waals surface area contributed by atoms with E-state index >= 15 is 0 Å². The fourth-order valence-corrected chi connectivity index (χ4v) is 3.90. The van der Waals surface area contributed by atoms with Crippen LogP contribution in [0.3, 0.4) is 0 Å². The lowest BCUT2D eigenvalue weighted by Gasteiger charge is -2.26. The molecule has 1 unspecified atom stereocenters. The van der Waals surface area contributed by atoms with Gasteiger partial charge in [0.1, 0.15) is 0 Å². The number of hydrogen-bond donors (Lipinski definition) is 2. The number of sulfonamides is 1. The van der Waals surface area contributed by atoms with Crippen LogP contribution in [0.25, 0.3) is 0 Å². The van der Waals surface area contributed by atoms with Gasteiger partial charge in [-0.15, -0.1) is 0 Å². The van der Waals surface area contributed by atoms with Gasteiger partial charge in [0.15, 0.2) is 0 Å². The Morgan fingerprint density at radius 3 is 2.57 bits per heavy atom. The summed E-state index contributed by atoms with van der Waals surface area (Å²) in [5.41, 5.74) is 0.966. The molecule has 1 aromatic carbocycles. The van der Waals surface area contributed by atoms with E-state index in [0.29, 0.717) is 11.3 Å². The summed E-state index contributed by atoms with van der Waals surface area (Å²) in [6.45, 7) is 5.84. The Hall–Kier alpha value is -1.40. The van der Waals surface area contributed by atoms with Crippen molar-refractivity contribution < 1.29 is 13.2 Å². The molecular weight excluding hydrogens is 288 g/mol.